The first-order chi connectivity index (χ1) is 10.7. The summed E-state index contributed by atoms with van der Waals surface area (Å²) in [5.41, 5.74) is 3.96. The van der Waals surface area contributed by atoms with Gasteiger partial charge >= 0.3 is 0 Å². The summed E-state index contributed by atoms with van der Waals surface area (Å²) in [6, 6.07) is 8.03. The van der Waals surface area contributed by atoms with Crippen molar-refractivity contribution in [3.8, 4) is 23.7 Å². The number of thiophene rings is 2. The number of hydrogen-bond donors (Lipinski definition) is 0. The van der Waals surface area contributed by atoms with Crippen LogP contribution in [0, 0.1) is 23.7 Å². The van der Waals surface area contributed by atoms with Crippen molar-refractivity contribution in [3.63, 3.8) is 0 Å². The summed E-state index contributed by atoms with van der Waals surface area (Å²) in [6.45, 7) is 0. The molecule has 0 N–H and O–H groups in total. The first-order valence-corrected chi connectivity index (χ1v) is 9.77. The van der Waals surface area contributed by atoms with E-state index in [2.05, 4.69) is 55.5 Å². The van der Waals surface area contributed by atoms with Gasteiger partial charge in [0.05, 0.1) is 0 Å². The number of rotatable bonds is 0. The lowest BCUT2D eigenvalue weighted by atomic mass is 10.1. The summed E-state index contributed by atoms with van der Waals surface area (Å²) in [5.74, 6) is 12.7. The zero-order chi connectivity index (χ0) is 15.4. The van der Waals surface area contributed by atoms with Crippen molar-refractivity contribution in [2.24, 2.45) is 0 Å². The van der Waals surface area contributed by atoms with Crippen molar-refractivity contribution >= 4 is 54.5 Å². The van der Waals surface area contributed by atoms with E-state index >= 15 is 0 Å². The van der Waals surface area contributed by atoms with Gasteiger partial charge in [-0.3, -0.25) is 0 Å². The molecule has 0 amide bonds. The van der Waals surface area contributed by atoms with E-state index in [1.165, 1.54) is 0 Å². The topological polar surface area (TPSA) is 0 Å². The highest BCUT2D eigenvalue weighted by atomic mass is 79.9. The van der Waals surface area contributed by atoms with Gasteiger partial charge in [-0.05, 0) is 66.9 Å². The molecule has 22 heavy (non-hydrogen) atoms. The highest BCUT2D eigenvalue weighted by molar-refractivity contribution is 9.11. The van der Waals surface area contributed by atoms with Gasteiger partial charge in [0.15, 0.2) is 0 Å². The molecule has 0 aliphatic carbocycles. The Morgan fingerprint density at radius 2 is 1.14 bits per heavy atom. The van der Waals surface area contributed by atoms with Crippen LogP contribution in [0.3, 0.4) is 0 Å². The van der Waals surface area contributed by atoms with Gasteiger partial charge in [-0.25, -0.2) is 0 Å². The van der Waals surface area contributed by atoms with Crippen LogP contribution in [0.25, 0.3) is 0 Å². The van der Waals surface area contributed by atoms with Gasteiger partial charge in [0.2, 0.25) is 0 Å². The van der Waals surface area contributed by atoms with E-state index in [1.54, 1.807) is 22.7 Å². The number of benzene rings is 1. The fourth-order valence-electron chi connectivity index (χ4n) is 1.69. The van der Waals surface area contributed by atoms with Crippen LogP contribution in [0.5, 0.6) is 0 Å². The van der Waals surface area contributed by atoms with Crippen molar-refractivity contribution in [1.29, 1.82) is 0 Å². The Hall–Kier alpha value is -1.30. The van der Waals surface area contributed by atoms with Crippen molar-refractivity contribution in [2.75, 3.05) is 0 Å². The molecule has 106 valence electrons. The summed E-state index contributed by atoms with van der Waals surface area (Å²) in [5, 5.41) is 8.13. The van der Waals surface area contributed by atoms with Gasteiger partial charge < -0.3 is 0 Å². The van der Waals surface area contributed by atoms with Crippen molar-refractivity contribution in [1.82, 2.24) is 0 Å². The van der Waals surface area contributed by atoms with Gasteiger partial charge in [0.1, 0.15) is 0 Å². The molecule has 0 aliphatic rings. The third kappa shape index (κ3) is 3.91. The Morgan fingerprint density at radius 1 is 0.682 bits per heavy atom. The lowest BCUT2D eigenvalue weighted by Gasteiger charge is -2.01. The summed E-state index contributed by atoms with van der Waals surface area (Å²) in [6.07, 6.45) is 0. The Bertz CT molecular complexity index is 822. The molecule has 0 fully saturated rings. The summed E-state index contributed by atoms with van der Waals surface area (Å²) < 4.78 is 1.90. The van der Waals surface area contributed by atoms with Crippen LogP contribution in [0.15, 0.2) is 54.7 Å². The molecule has 2 aromatic heterocycles. The fourth-order valence-corrected chi connectivity index (χ4v) is 3.75. The molecule has 0 radical (unpaired) electrons. The molecule has 1 aromatic carbocycles. The second-order valence-corrected chi connectivity index (χ2v) is 7.60. The van der Waals surface area contributed by atoms with E-state index in [-0.39, 0.29) is 0 Å². The van der Waals surface area contributed by atoms with Crippen LogP contribution >= 0.6 is 54.5 Å². The van der Waals surface area contributed by atoms with Crippen molar-refractivity contribution in [3.05, 3.63) is 77.0 Å². The monoisotopic (exact) mass is 446 g/mol. The molecular formula is C18H8Br2S2. The zero-order valence-corrected chi connectivity index (χ0v) is 16.0. The molecule has 0 bridgehead atoms. The Labute approximate surface area is 154 Å². The minimum Gasteiger partial charge on any atom is -0.151 e. The van der Waals surface area contributed by atoms with Crippen LogP contribution < -0.4 is 0 Å². The van der Waals surface area contributed by atoms with Gasteiger partial charge in [-0.15, -0.1) is 0 Å². The molecule has 3 aromatic rings. The largest absolute Gasteiger partial charge is 0.151 e. The highest BCUT2D eigenvalue weighted by Crippen LogP contribution is 2.25. The van der Waals surface area contributed by atoms with E-state index < -0.39 is 0 Å². The van der Waals surface area contributed by atoms with Crippen molar-refractivity contribution in [2.45, 2.75) is 0 Å². The minimum absolute atomic E-state index is 0.944. The van der Waals surface area contributed by atoms with Crippen LogP contribution in [0.1, 0.15) is 22.3 Å². The molecule has 3 rings (SSSR count). The third-order valence-corrected chi connectivity index (χ3v) is 5.46. The van der Waals surface area contributed by atoms with E-state index in [1.807, 2.05) is 45.8 Å². The maximum atomic E-state index is 3.58. The van der Waals surface area contributed by atoms with Crippen LogP contribution in [-0.4, -0.2) is 0 Å². The maximum Gasteiger partial charge on any atom is 0.0403 e. The lowest BCUT2D eigenvalue weighted by molar-refractivity contribution is 1.51. The smallest absolute Gasteiger partial charge is 0.0403 e. The maximum absolute atomic E-state index is 3.58. The first-order valence-electron chi connectivity index (χ1n) is 6.30. The van der Waals surface area contributed by atoms with E-state index in [0.29, 0.717) is 0 Å². The second kappa shape index (κ2) is 7.31. The van der Waals surface area contributed by atoms with Crippen LogP contribution in [0.2, 0.25) is 0 Å². The van der Waals surface area contributed by atoms with Gasteiger partial charge in [0, 0.05) is 42.0 Å². The number of halogens is 2. The molecule has 4 heteroatoms. The molecule has 2 heterocycles. The van der Waals surface area contributed by atoms with Gasteiger partial charge in [0.25, 0.3) is 0 Å². The molecule has 0 spiro atoms. The molecule has 0 nitrogen and oxygen atoms in total. The van der Waals surface area contributed by atoms with Crippen LogP contribution in [-0.2, 0) is 0 Å². The summed E-state index contributed by atoms with van der Waals surface area (Å²) in [7, 11) is 0. The Morgan fingerprint density at radius 3 is 1.50 bits per heavy atom. The minimum atomic E-state index is 0.944. The third-order valence-electron chi connectivity index (χ3n) is 2.78. The molecular weight excluding hydrogens is 440 g/mol. The molecule has 0 saturated heterocycles. The van der Waals surface area contributed by atoms with E-state index in [0.717, 1.165) is 31.2 Å². The zero-order valence-electron chi connectivity index (χ0n) is 11.2. The molecule has 0 aliphatic heterocycles. The molecule has 0 saturated carbocycles. The average Bonchev–Trinajstić information content (AvgIpc) is 3.19. The predicted molar refractivity (Wildman–Crippen MR) is 102 cm³/mol. The first kappa shape index (κ1) is 15.6. The molecule has 0 unspecified atom stereocenters. The SMILES string of the molecule is Brc1cc(C#Cc2ccsc2)c(Br)cc1C#Cc1ccsc1. The van der Waals surface area contributed by atoms with Gasteiger partial charge in [-0.2, -0.15) is 22.7 Å². The summed E-state index contributed by atoms with van der Waals surface area (Å²) >= 11 is 10.5. The van der Waals surface area contributed by atoms with E-state index in [9.17, 15) is 0 Å². The standard InChI is InChI=1S/C18H8Br2S2/c19-17-10-16(4-2-14-6-8-22-12-14)18(20)9-15(17)3-1-13-5-7-21-11-13/h5-12H. The van der Waals surface area contributed by atoms with E-state index in [4.69, 9.17) is 0 Å². The van der Waals surface area contributed by atoms with Gasteiger partial charge in [-0.1, -0.05) is 23.7 Å². The second-order valence-electron chi connectivity index (χ2n) is 4.34. The Kier molecular flexibility index (Phi) is 5.18. The molecule has 0 atom stereocenters. The fraction of sp³-hybridized carbons (Fsp3) is 0. The highest BCUT2D eigenvalue weighted by Gasteiger charge is 2.03. The number of hydrogen-bond acceptors (Lipinski definition) is 2. The predicted octanol–water partition coefficient (Wildman–Crippen LogP) is 6.13. The normalized spacial score (nSPS) is 9.55. The quantitative estimate of drug-likeness (QED) is 0.363. The lowest BCUT2D eigenvalue weighted by Crippen LogP contribution is -1.84. The summed E-state index contributed by atoms with van der Waals surface area (Å²) in [4.78, 5) is 0. The van der Waals surface area contributed by atoms with Crippen LogP contribution in [0.4, 0.5) is 0 Å². The Balaban J connectivity index is 1.91. The average molecular weight is 448 g/mol. The van der Waals surface area contributed by atoms with Crippen molar-refractivity contribution < 1.29 is 0 Å².